The van der Waals surface area contributed by atoms with Gasteiger partial charge in [-0.2, -0.15) is 0 Å². The van der Waals surface area contributed by atoms with Gasteiger partial charge in [0.15, 0.2) is 0 Å². The summed E-state index contributed by atoms with van der Waals surface area (Å²) in [6, 6.07) is 5.38. The van der Waals surface area contributed by atoms with Crippen molar-refractivity contribution in [1.29, 1.82) is 0 Å². The van der Waals surface area contributed by atoms with E-state index in [4.69, 9.17) is 28.9 Å². The molecule has 0 aliphatic carbocycles. The molecule has 0 saturated carbocycles. The molecule has 1 aromatic rings. The molecule has 0 aromatic heterocycles. The molecule has 0 bridgehead atoms. The van der Waals surface area contributed by atoms with E-state index in [9.17, 15) is 5.11 Å². The van der Waals surface area contributed by atoms with Gasteiger partial charge in [0, 0.05) is 22.5 Å². The van der Waals surface area contributed by atoms with Crippen LogP contribution in [0.25, 0.3) is 0 Å². The quantitative estimate of drug-likeness (QED) is 0.735. The number of aliphatic hydroxyl groups excluding tert-OH is 1. The molecule has 0 aliphatic heterocycles. The highest BCUT2D eigenvalue weighted by molar-refractivity contribution is 6.35. The van der Waals surface area contributed by atoms with Gasteiger partial charge in [0.1, 0.15) is 0 Å². The Morgan fingerprint density at radius 3 is 2.20 bits per heavy atom. The number of aliphatic hydroxyl groups is 1. The number of benzene rings is 1. The van der Waals surface area contributed by atoms with Crippen LogP contribution in [0, 0.1) is 5.92 Å². The van der Waals surface area contributed by atoms with Gasteiger partial charge in [-0.3, -0.25) is 0 Å². The summed E-state index contributed by atoms with van der Waals surface area (Å²) in [7, 11) is 0. The van der Waals surface area contributed by atoms with Crippen molar-refractivity contribution in [2.24, 2.45) is 11.7 Å². The highest BCUT2D eigenvalue weighted by Gasteiger charge is 2.28. The van der Waals surface area contributed by atoms with Crippen LogP contribution in [0.3, 0.4) is 0 Å². The molecular formula is C16H25Cl2NO. The summed E-state index contributed by atoms with van der Waals surface area (Å²) in [5.41, 5.74) is 6.78. The third-order valence-electron chi connectivity index (χ3n) is 3.83. The van der Waals surface area contributed by atoms with E-state index in [-0.39, 0.29) is 11.8 Å². The average molecular weight is 318 g/mol. The fourth-order valence-electron chi connectivity index (χ4n) is 2.81. The minimum atomic E-state index is -0.460. The first-order chi connectivity index (χ1) is 9.54. The Morgan fingerprint density at radius 1 is 1.15 bits per heavy atom. The topological polar surface area (TPSA) is 46.2 Å². The largest absolute Gasteiger partial charge is 0.392 e. The lowest BCUT2D eigenvalue weighted by molar-refractivity contribution is 0.0722. The minimum Gasteiger partial charge on any atom is -0.392 e. The molecule has 2 nitrogen and oxygen atoms in total. The van der Waals surface area contributed by atoms with E-state index in [1.807, 2.05) is 6.07 Å². The maximum Gasteiger partial charge on any atom is 0.0649 e. The Morgan fingerprint density at radius 2 is 1.75 bits per heavy atom. The molecule has 0 amide bonds. The van der Waals surface area contributed by atoms with Crippen molar-refractivity contribution >= 4 is 23.2 Å². The number of hydrogen-bond acceptors (Lipinski definition) is 2. The van der Waals surface area contributed by atoms with Crippen molar-refractivity contribution in [2.45, 2.75) is 51.6 Å². The molecule has 3 N–H and O–H groups in total. The molecule has 0 saturated heterocycles. The van der Waals surface area contributed by atoms with Crippen molar-refractivity contribution in [2.75, 3.05) is 6.54 Å². The summed E-state index contributed by atoms with van der Waals surface area (Å²) < 4.78 is 0. The third-order valence-corrected chi connectivity index (χ3v) is 4.39. The molecule has 0 fully saturated rings. The molecule has 0 heterocycles. The van der Waals surface area contributed by atoms with Gasteiger partial charge in [0.05, 0.1) is 6.10 Å². The SMILES string of the molecule is CCCC(CCC)C(O)C(CN)c1ccc(Cl)cc1Cl. The lowest BCUT2D eigenvalue weighted by Crippen LogP contribution is -2.32. The van der Waals surface area contributed by atoms with Gasteiger partial charge in [-0.05, 0) is 36.5 Å². The predicted octanol–water partition coefficient (Wildman–Crippen LogP) is 4.61. The van der Waals surface area contributed by atoms with Crippen LogP contribution in [-0.2, 0) is 0 Å². The van der Waals surface area contributed by atoms with E-state index in [1.165, 1.54) is 0 Å². The first kappa shape index (κ1) is 17.8. The number of nitrogens with two attached hydrogens (primary N) is 1. The van der Waals surface area contributed by atoms with Gasteiger partial charge in [0.25, 0.3) is 0 Å². The number of rotatable bonds is 8. The summed E-state index contributed by atoms with van der Waals surface area (Å²) in [6.07, 6.45) is 3.69. The first-order valence-corrected chi connectivity index (χ1v) is 8.13. The molecule has 0 spiro atoms. The van der Waals surface area contributed by atoms with Crippen molar-refractivity contribution in [3.05, 3.63) is 33.8 Å². The smallest absolute Gasteiger partial charge is 0.0649 e. The zero-order chi connectivity index (χ0) is 15.1. The Balaban J connectivity index is 2.97. The second-order valence-corrected chi connectivity index (χ2v) is 6.18. The lowest BCUT2D eigenvalue weighted by Gasteiger charge is -2.30. The average Bonchev–Trinajstić information content (AvgIpc) is 2.41. The third kappa shape index (κ3) is 4.63. The summed E-state index contributed by atoms with van der Waals surface area (Å²) >= 11 is 12.2. The van der Waals surface area contributed by atoms with Crippen molar-refractivity contribution in [3.8, 4) is 0 Å². The Kier molecular flexibility index (Phi) is 7.90. The van der Waals surface area contributed by atoms with Crippen LogP contribution in [0.15, 0.2) is 18.2 Å². The van der Waals surface area contributed by atoms with Crippen molar-refractivity contribution in [1.82, 2.24) is 0 Å². The summed E-state index contributed by atoms with van der Waals surface area (Å²) in [5.74, 6) is 0.133. The monoisotopic (exact) mass is 317 g/mol. The Hall–Kier alpha value is -0.280. The van der Waals surface area contributed by atoms with Crippen LogP contribution >= 0.6 is 23.2 Å². The van der Waals surface area contributed by atoms with Gasteiger partial charge in [-0.1, -0.05) is 56.0 Å². The Bertz CT molecular complexity index is 405. The fraction of sp³-hybridized carbons (Fsp3) is 0.625. The number of halogens is 2. The normalized spacial score (nSPS) is 14.6. The number of hydrogen-bond donors (Lipinski definition) is 2. The summed E-state index contributed by atoms with van der Waals surface area (Å²) in [4.78, 5) is 0. The van der Waals surface area contributed by atoms with Crippen LogP contribution in [-0.4, -0.2) is 17.8 Å². The molecule has 1 rings (SSSR count). The molecule has 1 aromatic carbocycles. The van der Waals surface area contributed by atoms with E-state index < -0.39 is 6.10 Å². The molecule has 2 atom stereocenters. The molecule has 20 heavy (non-hydrogen) atoms. The van der Waals surface area contributed by atoms with Crippen LogP contribution < -0.4 is 5.73 Å². The Labute approximate surface area is 132 Å². The van der Waals surface area contributed by atoms with E-state index >= 15 is 0 Å². The minimum absolute atomic E-state index is 0.136. The molecule has 0 aliphatic rings. The van der Waals surface area contributed by atoms with E-state index in [1.54, 1.807) is 12.1 Å². The molecule has 2 unspecified atom stereocenters. The fourth-order valence-corrected chi connectivity index (χ4v) is 3.36. The standard InChI is InChI=1S/C16H25Cl2NO/c1-3-5-11(6-4-2)16(20)14(10-19)13-8-7-12(17)9-15(13)18/h7-9,11,14,16,20H,3-6,10,19H2,1-2H3. The van der Waals surface area contributed by atoms with Crippen LogP contribution in [0.4, 0.5) is 0 Å². The van der Waals surface area contributed by atoms with E-state index in [0.29, 0.717) is 16.6 Å². The molecular weight excluding hydrogens is 293 g/mol. The van der Waals surface area contributed by atoms with Gasteiger partial charge in [-0.25, -0.2) is 0 Å². The maximum atomic E-state index is 10.7. The lowest BCUT2D eigenvalue weighted by atomic mass is 9.81. The van der Waals surface area contributed by atoms with Gasteiger partial charge in [0.2, 0.25) is 0 Å². The maximum absolute atomic E-state index is 10.7. The van der Waals surface area contributed by atoms with E-state index in [2.05, 4.69) is 13.8 Å². The zero-order valence-corrected chi connectivity index (χ0v) is 13.8. The van der Waals surface area contributed by atoms with Crippen molar-refractivity contribution < 1.29 is 5.11 Å². The molecule has 114 valence electrons. The summed E-state index contributed by atoms with van der Waals surface area (Å²) in [5, 5.41) is 11.9. The first-order valence-electron chi connectivity index (χ1n) is 7.38. The van der Waals surface area contributed by atoms with Crippen LogP contribution in [0.1, 0.15) is 51.0 Å². The van der Waals surface area contributed by atoms with Crippen LogP contribution in [0.5, 0.6) is 0 Å². The summed E-state index contributed by atoms with van der Waals surface area (Å²) in [6.45, 7) is 4.66. The van der Waals surface area contributed by atoms with Gasteiger partial charge >= 0.3 is 0 Å². The zero-order valence-electron chi connectivity index (χ0n) is 12.3. The van der Waals surface area contributed by atoms with Crippen molar-refractivity contribution in [3.63, 3.8) is 0 Å². The molecule has 0 radical (unpaired) electrons. The second-order valence-electron chi connectivity index (χ2n) is 5.34. The van der Waals surface area contributed by atoms with E-state index in [0.717, 1.165) is 31.2 Å². The highest BCUT2D eigenvalue weighted by Crippen LogP contribution is 2.33. The van der Waals surface area contributed by atoms with Gasteiger partial charge < -0.3 is 10.8 Å². The van der Waals surface area contributed by atoms with Gasteiger partial charge in [-0.15, -0.1) is 0 Å². The van der Waals surface area contributed by atoms with Crippen LogP contribution in [0.2, 0.25) is 10.0 Å². The predicted molar refractivity (Wildman–Crippen MR) is 87.6 cm³/mol. The highest BCUT2D eigenvalue weighted by atomic mass is 35.5. The molecule has 4 heteroatoms. The second kappa shape index (κ2) is 8.89.